The van der Waals surface area contributed by atoms with E-state index < -0.39 is 6.16 Å². The lowest BCUT2D eigenvalue weighted by Crippen LogP contribution is -2.13. The lowest BCUT2D eigenvalue weighted by Gasteiger charge is -2.07. The Labute approximate surface area is 141 Å². The Hall–Kier alpha value is -3.07. The number of carbonyl (C=O) groups excluding carboxylic acids is 1. The van der Waals surface area contributed by atoms with Crippen LogP contribution in [0.25, 0.3) is 11.1 Å². The summed E-state index contributed by atoms with van der Waals surface area (Å²) in [5, 5.41) is 0. The fourth-order valence-electron chi connectivity index (χ4n) is 2.35. The molecule has 0 unspecified atom stereocenters. The van der Waals surface area contributed by atoms with Gasteiger partial charge in [0, 0.05) is 0 Å². The molecule has 3 aromatic rings. The smallest absolute Gasteiger partial charge is 0.395 e. The number of benzene rings is 3. The average Bonchev–Trinajstić information content (AvgIpc) is 2.64. The van der Waals surface area contributed by atoms with Crippen LogP contribution in [0.3, 0.4) is 0 Å². The van der Waals surface area contributed by atoms with Crippen LogP contribution in [0.5, 0.6) is 11.5 Å². The lowest BCUT2D eigenvalue weighted by atomic mass is 10.1. The minimum atomic E-state index is -0.744. The van der Waals surface area contributed by atoms with Crippen LogP contribution in [-0.2, 0) is 6.42 Å². The Morgan fingerprint density at radius 1 is 0.708 bits per heavy atom. The minimum Gasteiger partial charge on any atom is -0.395 e. The van der Waals surface area contributed by atoms with Crippen molar-refractivity contribution in [2.75, 3.05) is 0 Å². The summed E-state index contributed by atoms with van der Waals surface area (Å²) in [4.78, 5) is 11.8. The molecule has 0 saturated heterocycles. The third-order valence-electron chi connectivity index (χ3n) is 3.70. The van der Waals surface area contributed by atoms with Gasteiger partial charge < -0.3 is 9.47 Å². The molecule has 3 heteroatoms. The second-order valence-corrected chi connectivity index (χ2v) is 5.34. The minimum absolute atomic E-state index is 0.449. The van der Waals surface area contributed by atoms with E-state index in [0.717, 1.165) is 17.5 Å². The van der Waals surface area contributed by atoms with Gasteiger partial charge in [0.2, 0.25) is 0 Å². The van der Waals surface area contributed by atoms with Gasteiger partial charge in [-0.05, 0) is 47.4 Å². The fraction of sp³-hybridized carbons (Fsp3) is 0.0952. The lowest BCUT2D eigenvalue weighted by molar-refractivity contribution is 0.152. The van der Waals surface area contributed by atoms with Crippen molar-refractivity contribution in [1.29, 1.82) is 0 Å². The molecule has 0 atom stereocenters. The number of hydrogen-bond donors (Lipinski definition) is 0. The monoisotopic (exact) mass is 318 g/mol. The first-order chi connectivity index (χ1) is 11.7. The molecule has 0 spiro atoms. The first-order valence-corrected chi connectivity index (χ1v) is 7.88. The summed E-state index contributed by atoms with van der Waals surface area (Å²) in [6, 6.07) is 24.7. The van der Waals surface area contributed by atoms with E-state index in [1.807, 2.05) is 54.6 Å². The van der Waals surface area contributed by atoms with Crippen LogP contribution in [0, 0.1) is 0 Å². The molecule has 24 heavy (non-hydrogen) atoms. The molecule has 0 bridgehead atoms. The Kier molecular flexibility index (Phi) is 4.92. The largest absolute Gasteiger partial charge is 0.519 e. The summed E-state index contributed by atoms with van der Waals surface area (Å²) in [6.45, 7) is 2.07. The molecule has 3 aromatic carbocycles. The number of hydrogen-bond acceptors (Lipinski definition) is 3. The molecule has 0 radical (unpaired) electrons. The van der Waals surface area contributed by atoms with Gasteiger partial charge in [-0.3, -0.25) is 0 Å². The van der Waals surface area contributed by atoms with Crippen LogP contribution in [0.2, 0.25) is 0 Å². The Bertz CT molecular complexity index is 791. The van der Waals surface area contributed by atoms with Crippen molar-refractivity contribution in [3.05, 3.63) is 84.4 Å². The first-order valence-electron chi connectivity index (χ1n) is 7.88. The van der Waals surface area contributed by atoms with E-state index in [2.05, 4.69) is 6.92 Å². The quantitative estimate of drug-likeness (QED) is 0.471. The van der Waals surface area contributed by atoms with Gasteiger partial charge in [-0.15, -0.1) is 0 Å². The molecule has 0 aliphatic heterocycles. The average molecular weight is 318 g/mol. The molecule has 120 valence electrons. The maximum absolute atomic E-state index is 11.8. The molecule has 0 amide bonds. The molecule has 0 fully saturated rings. The fourth-order valence-corrected chi connectivity index (χ4v) is 2.35. The van der Waals surface area contributed by atoms with Crippen LogP contribution in [0.4, 0.5) is 4.79 Å². The standard InChI is InChI=1S/C21H18O3/c1-2-16-8-12-19(13-9-16)23-21(22)24-20-14-10-18(11-15-20)17-6-4-3-5-7-17/h3-15H,2H2,1H3. The maximum atomic E-state index is 11.8. The van der Waals surface area contributed by atoms with Crippen molar-refractivity contribution >= 4 is 6.16 Å². The molecular formula is C21H18O3. The molecule has 0 aliphatic rings. The van der Waals surface area contributed by atoms with Gasteiger partial charge in [-0.1, -0.05) is 61.5 Å². The highest BCUT2D eigenvalue weighted by Crippen LogP contribution is 2.22. The highest BCUT2D eigenvalue weighted by atomic mass is 16.7. The summed E-state index contributed by atoms with van der Waals surface area (Å²) >= 11 is 0. The van der Waals surface area contributed by atoms with Crippen LogP contribution < -0.4 is 9.47 Å². The van der Waals surface area contributed by atoms with Crippen LogP contribution in [-0.4, -0.2) is 6.16 Å². The third kappa shape index (κ3) is 4.02. The first kappa shape index (κ1) is 15.8. The van der Waals surface area contributed by atoms with Gasteiger partial charge in [0.25, 0.3) is 0 Å². The van der Waals surface area contributed by atoms with E-state index in [4.69, 9.17) is 9.47 Å². The predicted octanol–water partition coefficient (Wildman–Crippen LogP) is 5.49. The summed E-state index contributed by atoms with van der Waals surface area (Å²) in [5.74, 6) is 0.919. The summed E-state index contributed by atoms with van der Waals surface area (Å²) < 4.78 is 10.4. The van der Waals surface area contributed by atoms with E-state index in [-0.39, 0.29) is 0 Å². The highest BCUT2D eigenvalue weighted by Gasteiger charge is 2.08. The topological polar surface area (TPSA) is 35.5 Å². The summed E-state index contributed by atoms with van der Waals surface area (Å²) in [7, 11) is 0. The van der Waals surface area contributed by atoms with E-state index >= 15 is 0 Å². The Balaban J connectivity index is 1.62. The Morgan fingerprint density at radius 2 is 1.21 bits per heavy atom. The molecule has 0 saturated carbocycles. The van der Waals surface area contributed by atoms with Gasteiger partial charge >= 0.3 is 6.16 Å². The van der Waals surface area contributed by atoms with Crippen molar-refractivity contribution in [2.45, 2.75) is 13.3 Å². The summed E-state index contributed by atoms with van der Waals surface area (Å²) in [6.07, 6.45) is 0.199. The molecule has 0 aliphatic carbocycles. The molecule has 0 heterocycles. The SMILES string of the molecule is CCc1ccc(OC(=O)Oc2ccc(-c3ccccc3)cc2)cc1. The van der Waals surface area contributed by atoms with Crippen molar-refractivity contribution < 1.29 is 14.3 Å². The number of ether oxygens (including phenoxy) is 2. The van der Waals surface area contributed by atoms with Crippen molar-refractivity contribution in [1.82, 2.24) is 0 Å². The van der Waals surface area contributed by atoms with Gasteiger partial charge in [-0.2, -0.15) is 0 Å². The van der Waals surface area contributed by atoms with Crippen molar-refractivity contribution in [3.8, 4) is 22.6 Å². The molecule has 0 aromatic heterocycles. The Morgan fingerprint density at radius 3 is 1.75 bits per heavy atom. The van der Waals surface area contributed by atoms with Gasteiger partial charge in [0.15, 0.2) is 0 Å². The predicted molar refractivity (Wildman–Crippen MR) is 94.4 cm³/mol. The zero-order valence-electron chi connectivity index (χ0n) is 13.4. The van der Waals surface area contributed by atoms with Gasteiger partial charge in [-0.25, -0.2) is 4.79 Å². The number of aryl methyl sites for hydroxylation is 1. The van der Waals surface area contributed by atoms with Gasteiger partial charge in [0.05, 0.1) is 0 Å². The highest BCUT2D eigenvalue weighted by molar-refractivity contribution is 5.68. The zero-order chi connectivity index (χ0) is 16.8. The van der Waals surface area contributed by atoms with E-state index in [1.54, 1.807) is 24.3 Å². The maximum Gasteiger partial charge on any atom is 0.519 e. The van der Waals surface area contributed by atoms with E-state index in [0.29, 0.717) is 11.5 Å². The zero-order valence-corrected chi connectivity index (χ0v) is 13.4. The van der Waals surface area contributed by atoms with Crippen molar-refractivity contribution in [3.63, 3.8) is 0 Å². The van der Waals surface area contributed by atoms with E-state index in [9.17, 15) is 4.79 Å². The van der Waals surface area contributed by atoms with E-state index in [1.165, 1.54) is 5.56 Å². The van der Waals surface area contributed by atoms with Crippen LogP contribution >= 0.6 is 0 Å². The second-order valence-electron chi connectivity index (χ2n) is 5.34. The number of rotatable bonds is 4. The molecule has 0 N–H and O–H groups in total. The second kappa shape index (κ2) is 7.47. The normalized spacial score (nSPS) is 10.2. The van der Waals surface area contributed by atoms with Crippen LogP contribution in [0.1, 0.15) is 12.5 Å². The number of carbonyl (C=O) groups is 1. The molecule has 3 nitrogen and oxygen atoms in total. The molecule has 3 rings (SSSR count). The third-order valence-corrected chi connectivity index (χ3v) is 3.70. The van der Waals surface area contributed by atoms with Crippen molar-refractivity contribution in [2.24, 2.45) is 0 Å². The summed E-state index contributed by atoms with van der Waals surface area (Å²) in [5.41, 5.74) is 3.36. The van der Waals surface area contributed by atoms with Gasteiger partial charge in [0.1, 0.15) is 11.5 Å². The molecular weight excluding hydrogens is 300 g/mol. The van der Waals surface area contributed by atoms with Crippen LogP contribution in [0.15, 0.2) is 78.9 Å².